The molecule has 1 unspecified atom stereocenters. The molecule has 0 radical (unpaired) electrons. The Morgan fingerprint density at radius 3 is 2.53 bits per heavy atom. The van der Waals surface area contributed by atoms with E-state index in [0.717, 1.165) is 0 Å². The van der Waals surface area contributed by atoms with Crippen LogP contribution in [0.4, 0.5) is 0 Å². The molecule has 1 atom stereocenters. The molecule has 1 saturated heterocycles. The lowest BCUT2D eigenvalue weighted by atomic mass is 10.0. The molecule has 6 nitrogen and oxygen atoms in total. The Bertz CT molecular complexity index is 489. The zero-order valence-electron chi connectivity index (χ0n) is 10.2. The molecule has 0 aromatic heterocycles. The number of carbonyl (C=O) groups excluding carboxylic acids is 1. The molecule has 2 N–H and O–H groups in total. The zero-order valence-corrected chi connectivity index (χ0v) is 11.0. The van der Waals surface area contributed by atoms with E-state index in [0.29, 0.717) is 5.96 Å². The molecule has 96 valence electrons. The minimum absolute atomic E-state index is 0.0344. The highest BCUT2D eigenvalue weighted by Gasteiger charge is 2.52. The first-order chi connectivity index (χ1) is 7.62. The van der Waals surface area contributed by atoms with Gasteiger partial charge in [-0.05, 0) is 27.2 Å². The van der Waals surface area contributed by atoms with Gasteiger partial charge in [-0.15, -0.1) is 0 Å². The number of rotatable bonds is 0. The Morgan fingerprint density at radius 2 is 2.06 bits per heavy atom. The third-order valence-corrected chi connectivity index (χ3v) is 4.50. The topological polar surface area (TPSA) is 87.6 Å². The number of nitrogens with one attached hydrogen (secondary N) is 2. The normalized spacial score (nSPS) is 31.5. The Hall–Kier alpha value is -1.11. The molecule has 17 heavy (non-hydrogen) atoms. The van der Waals surface area contributed by atoms with E-state index in [-0.39, 0.29) is 29.4 Å². The van der Waals surface area contributed by atoms with Gasteiger partial charge in [0.05, 0.1) is 11.5 Å². The van der Waals surface area contributed by atoms with Crippen LogP contribution in [0.15, 0.2) is 4.99 Å². The zero-order chi connectivity index (χ0) is 12.9. The molecule has 0 aromatic carbocycles. The molecule has 1 amide bonds. The van der Waals surface area contributed by atoms with Gasteiger partial charge in [0.1, 0.15) is 0 Å². The minimum atomic E-state index is -3.13. The molecule has 0 bridgehead atoms. The highest BCUT2D eigenvalue weighted by atomic mass is 32.2. The van der Waals surface area contributed by atoms with Crippen molar-refractivity contribution in [1.29, 1.82) is 0 Å². The lowest BCUT2D eigenvalue weighted by Crippen LogP contribution is -2.47. The third kappa shape index (κ3) is 2.43. The first-order valence-corrected chi connectivity index (χ1v) is 7.34. The van der Waals surface area contributed by atoms with E-state index < -0.39 is 15.4 Å². The summed E-state index contributed by atoms with van der Waals surface area (Å²) in [5.41, 5.74) is -1.32. The van der Waals surface area contributed by atoms with Crippen LogP contribution in [0.1, 0.15) is 27.2 Å². The van der Waals surface area contributed by atoms with Gasteiger partial charge in [-0.2, -0.15) is 0 Å². The summed E-state index contributed by atoms with van der Waals surface area (Å²) in [7, 11) is -3.13. The van der Waals surface area contributed by atoms with Gasteiger partial charge in [0, 0.05) is 5.54 Å². The van der Waals surface area contributed by atoms with Crippen LogP contribution in [0.5, 0.6) is 0 Å². The number of carbonyl (C=O) groups is 1. The van der Waals surface area contributed by atoms with Gasteiger partial charge >= 0.3 is 0 Å². The second-order valence-electron chi connectivity index (χ2n) is 5.66. The molecule has 0 saturated carbocycles. The van der Waals surface area contributed by atoms with E-state index >= 15 is 0 Å². The molecule has 2 aliphatic heterocycles. The quantitative estimate of drug-likeness (QED) is 0.609. The van der Waals surface area contributed by atoms with Gasteiger partial charge in [0.25, 0.3) is 5.91 Å². The van der Waals surface area contributed by atoms with Gasteiger partial charge in [0.2, 0.25) is 0 Å². The Morgan fingerprint density at radius 1 is 1.41 bits per heavy atom. The number of guanidine groups is 1. The van der Waals surface area contributed by atoms with Crippen molar-refractivity contribution in [3.63, 3.8) is 0 Å². The SMILES string of the molecule is CC(C)(C)NC1=NC2(CCS(=O)(=O)C2)C(=O)N1. The molecule has 2 rings (SSSR count). The maximum Gasteiger partial charge on any atom is 0.255 e. The van der Waals surface area contributed by atoms with E-state index in [1.165, 1.54) is 0 Å². The molecule has 2 heterocycles. The van der Waals surface area contributed by atoms with Gasteiger partial charge < -0.3 is 5.32 Å². The number of sulfone groups is 1. The summed E-state index contributed by atoms with van der Waals surface area (Å²) >= 11 is 0. The number of aliphatic imine (C=N–C) groups is 1. The largest absolute Gasteiger partial charge is 0.351 e. The summed E-state index contributed by atoms with van der Waals surface area (Å²) in [6.07, 6.45) is 0.274. The maximum atomic E-state index is 11.9. The highest BCUT2D eigenvalue weighted by molar-refractivity contribution is 7.91. The van der Waals surface area contributed by atoms with Crippen LogP contribution in [0, 0.1) is 0 Å². The number of nitrogens with zero attached hydrogens (tertiary/aromatic N) is 1. The van der Waals surface area contributed by atoms with Crippen molar-refractivity contribution in [2.24, 2.45) is 4.99 Å². The van der Waals surface area contributed by atoms with Crippen LogP contribution in [0.3, 0.4) is 0 Å². The second-order valence-corrected chi connectivity index (χ2v) is 7.85. The van der Waals surface area contributed by atoms with Crippen LogP contribution < -0.4 is 10.6 Å². The van der Waals surface area contributed by atoms with Gasteiger partial charge in [0.15, 0.2) is 21.3 Å². The van der Waals surface area contributed by atoms with Crippen molar-refractivity contribution in [1.82, 2.24) is 10.6 Å². The molecule has 1 fully saturated rings. The average molecular weight is 259 g/mol. The first kappa shape index (κ1) is 12.3. The fourth-order valence-electron chi connectivity index (χ4n) is 2.03. The Kier molecular flexibility index (Phi) is 2.50. The molecule has 7 heteroatoms. The number of hydrogen-bond donors (Lipinski definition) is 2. The minimum Gasteiger partial charge on any atom is -0.351 e. The van der Waals surface area contributed by atoms with Crippen molar-refractivity contribution >= 4 is 21.7 Å². The van der Waals surface area contributed by atoms with Crippen molar-refractivity contribution in [3.8, 4) is 0 Å². The van der Waals surface area contributed by atoms with Crippen LogP contribution in [-0.2, 0) is 14.6 Å². The Labute approximate surface area is 101 Å². The predicted octanol–water partition coefficient (Wildman–Crippen LogP) is -0.582. The molecular formula is C10H17N3O3S. The van der Waals surface area contributed by atoms with Crippen molar-refractivity contribution in [2.45, 2.75) is 38.3 Å². The van der Waals surface area contributed by atoms with Crippen LogP contribution in [0.25, 0.3) is 0 Å². The number of amides is 1. The van der Waals surface area contributed by atoms with Crippen molar-refractivity contribution in [2.75, 3.05) is 11.5 Å². The van der Waals surface area contributed by atoms with E-state index in [1.807, 2.05) is 20.8 Å². The molecule has 2 aliphatic rings. The standard InChI is InChI=1S/C10H17N3O3S/c1-9(2,3)12-8-11-7(14)10(13-8)4-5-17(15,16)6-10/h4-6H2,1-3H3,(H2,11,12,13,14). The number of hydrogen-bond acceptors (Lipinski definition) is 5. The van der Waals surface area contributed by atoms with Gasteiger partial charge in [-0.3, -0.25) is 10.1 Å². The first-order valence-electron chi connectivity index (χ1n) is 5.52. The van der Waals surface area contributed by atoms with Gasteiger partial charge in [-0.25, -0.2) is 13.4 Å². The fourth-order valence-corrected chi connectivity index (χ4v) is 3.89. The second kappa shape index (κ2) is 3.44. The van der Waals surface area contributed by atoms with E-state index in [4.69, 9.17) is 0 Å². The summed E-state index contributed by atoms with van der Waals surface area (Å²) in [6, 6.07) is 0. The summed E-state index contributed by atoms with van der Waals surface area (Å²) in [6.45, 7) is 5.83. The lowest BCUT2D eigenvalue weighted by molar-refractivity contribution is -0.122. The maximum absolute atomic E-state index is 11.9. The van der Waals surface area contributed by atoms with E-state index in [9.17, 15) is 13.2 Å². The average Bonchev–Trinajstić information content (AvgIpc) is 2.52. The van der Waals surface area contributed by atoms with Crippen LogP contribution in [0.2, 0.25) is 0 Å². The van der Waals surface area contributed by atoms with E-state index in [1.54, 1.807) is 0 Å². The molecular weight excluding hydrogens is 242 g/mol. The fraction of sp³-hybridized carbons (Fsp3) is 0.800. The van der Waals surface area contributed by atoms with Gasteiger partial charge in [-0.1, -0.05) is 0 Å². The van der Waals surface area contributed by atoms with Crippen LogP contribution >= 0.6 is 0 Å². The molecule has 0 aliphatic carbocycles. The highest BCUT2D eigenvalue weighted by Crippen LogP contribution is 2.30. The predicted molar refractivity (Wildman–Crippen MR) is 64.5 cm³/mol. The summed E-state index contributed by atoms with van der Waals surface area (Å²) in [5.74, 6) is -0.0849. The lowest BCUT2D eigenvalue weighted by Gasteiger charge is -2.21. The van der Waals surface area contributed by atoms with E-state index in [2.05, 4.69) is 15.6 Å². The molecule has 0 aromatic rings. The van der Waals surface area contributed by atoms with Crippen molar-refractivity contribution < 1.29 is 13.2 Å². The Balaban J connectivity index is 2.24. The summed E-state index contributed by atoms with van der Waals surface area (Å²) in [4.78, 5) is 16.1. The van der Waals surface area contributed by atoms with Crippen LogP contribution in [-0.4, -0.2) is 42.9 Å². The summed E-state index contributed by atoms with van der Waals surface area (Å²) < 4.78 is 22.9. The van der Waals surface area contributed by atoms with Crippen molar-refractivity contribution in [3.05, 3.63) is 0 Å². The summed E-state index contributed by atoms with van der Waals surface area (Å²) in [5, 5.41) is 5.67. The smallest absolute Gasteiger partial charge is 0.255 e. The third-order valence-electron chi connectivity index (χ3n) is 2.76. The molecule has 1 spiro atoms. The monoisotopic (exact) mass is 259 g/mol.